The smallest absolute Gasteiger partial charge is 0.249 e. The minimum absolute atomic E-state index is 0.290. The first-order valence-electron chi connectivity index (χ1n) is 6.73. The van der Waals surface area contributed by atoms with E-state index in [9.17, 15) is 0 Å². The van der Waals surface area contributed by atoms with Crippen LogP contribution in [0.25, 0.3) is 0 Å². The van der Waals surface area contributed by atoms with Crippen molar-refractivity contribution < 1.29 is 14.2 Å². The van der Waals surface area contributed by atoms with Gasteiger partial charge in [0.25, 0.3) is 0 Å². The Bertz CT molecular complexity index is 573. The Morgan fingerprint density at radius 2 is 1.81 bits per heavy atom. The molecule has 2 rings (SSSR count). The number of nitrogens with two attached hydrogens (primary N) is 1. The first kappa shape index (κ1) is 15.1. The molecule has 1 heterocycles. The minimum atomic E-state index is 0.290. The van der Waals surface area contributed by atoms with Gasteiger partial charge in [-0.25, -0.2) is 0 Å². The fourth-order valence-corrected chi connectivity index (χ4v) is 1.75. The molecule has 0 bridgehead atoms. The lowest BCUT2D eigenvalue weighted by Crippen LogP contribution is -2.03. The summed E-state index contributed by atoms with van der Waals surface area (Å²) in [6, 6.07) is 7.70. The molecule has 0 aliphatic carbocycles. The van der Waals surface area contributed by atoms with Gasteiger partial charge in [0.2, 0.25) is 11.8 Å². The van der Waals surface area contributed by atoms with E-state index in [1.165, 1.54) is 11.9 Å². The average molecular weight is 289 g/mol. The van der Waals surface area contributed by atoms with Crippen LogP contribution in [0.1, 0.15) is 12.5 Å². The molecule has 0 aliphatic rings. The minimum Gasteiger partial charge on any atom is -0.476 e. The second kappa shape index (κ2) is 7.44. The molecule has 1 aromatic carbocycles. The van der Waals surface area contributed by atoms with Gasteiger partial charge in [-0.1, -0.05) is 12.1 Å². The fourth-order valence-electron chi connectivity index (χ4n) is 1.75. The van der Waals surface area contributed by atoms with Crippen molar-refractivity contribution in [3.63, 3.8) is 0 Å². The Balaban J connectivity index is 2.09. The molecule has 0 fully saturated rings. The lowest BCUT2D eigenvalue weighted by Gasteiger charge is -2.10. The average Bonchev–Trinajstić information content (AvgIpc) is 2.51. The maximum Gasteiger partial charge on any atom is 0.249 e. The second-order valence-corrected chi connectivity index (χ2v) is 4.32. The number of hydrogen-bond donors (Lipinski definition) is 1. The van der Waals surface area contributed by atoms with E-state index in [-0.39, 0.29) is 5.88 Å². The van der Waals surface area contributed by atoms with Crippen LogP contribution in [0.2, 0.25) is 0 Å². The van der Waals surface area contributed by atoms with Crippen molar-refractivity contribution in [2.75, 3.05) is 26.1 Å². The predicted octanol–water partition coefficient (Wildman–Crippen LogP) is 2.44. The summed E-state index contributed by atoms with van der Waals surface area (Å²) in [5.74, 6) is 1.28. The number of anilines is 1. The van der Waals surface area contributed by atoms with Crippen LogP contribution in [-0.4, -0.2) is 30.3 Å². The zero-order chi connectivity index (χ0) is 15.1. The molecule has 6 heteroatoms. The van der Waals surface area contributed by atoms with Gasteiger partial charge in [0.05, 0.1) is 13.2 Å². The molecule has 0 unspecified atom stereocenters. The van der Waals surface area contributed by atoms with Crippen molar-refractivity contribution >= 4 is 5.69 Å². The predicted molar refractivity (Wildman–Crippen MR) is 79.7 cm³/mol. The summed E-state index contributed by atoms with van der Waals surface area (Å²) in [5.41, 5.74) is 7.39. The van der Waals surface area contributed by atoms with E-state index in [1.54, 1.807) is 7.11 Å². The maximum atomic E-state index is 5.92. The standard InChI is InChI=1S/C15H19N3O3/c1-3-20-14-13(16)15(18-10-17-14)21-12-6-4-11(5-7-12)8-9-19-2/h4-7,10H,3,8-9,16H2,1-2H3. The van der Waals surface area contributed by atoms with Crippen LogP contribution in [0, 0.1) is 0 Å². The van der Waals surface area contributed by atoms with Crippen LogP contribution in [0.3, 0.4) is 0 Å². The number of aromatic nitrogens is 2. The number of methoxy groups -OCH3 is 1. The fraction of sp³-hybridized carbons (Fsp3) is 0.333. The normalized spacial score (nSPS) is 10.4. The van der Waals surface area contributed by atoms with E-state index < -0.39 is 0 Å². The highest BCUT2D eigenvalue weighted by atomic mass is 16.5. The monoisotopic (exact) mass is 289 g/mol. The lowest BCUT2D eigenvalue weighted by atomic mass is 10.1. The first-order chi connectivity index (χ1) is 10.2. The summed E-state index contributed by atoms with van der Waals surface area (Å²) in [6.07, 6.45) is 2.23. The van der Waals surface area contributed by atoms with Gasteiger partial charge in [-0.15, -0.1) is 0 Å². The topological polar surface area (TPSA) is 79.5 Å². The SMILES string of the molecule is CCOc1ncnc(Oc2ccc(CCOC)cc2)c1N. The van der Waals surface area contributed by atoms with Gasteiger partial charge in [-0.3, -0.25) is 0 Å². The molecule has 21 heavy (non-hydrogen) atoms. The number of ether oxygens (including phenoxy) is 3. The second-order valence-electron chi connectivity index (χ2n) is 4.32. The third-order valence-corrected chi connectivity index (χ3v) is 2.82. The Morgan fingerprint density at radius 1 is 1.10 bits per heavy atom. The van der Waals surface area contributed by atoms with Crippen molar-refractivity contribution in [3.05, 3.63) is 36.2 Å². The lowest BCUT2D eigenvalue weighted by molar-refractivity contribution is 0.202. The highest BCUT2D eigenvalue weighted by molar-refractivity contribution is 5.56. The molecular formula is C15H19N3O3. The summed E-state index contributed by atoms with van der Waals surface area (Å²) in [6.45, 7) is 3.03. The maximum absolute atomic E-state index is 5.92. The molecule has 1 aromatic heterocycles. The van der Waals surface area contributed by atoms with Gasteiger partial charge in [0.15, 0.2) is 5.69 Å². The third-order valence-electron chi connectivity index (χ3n) is 2.82. The number of benzene rings is 1. The van der Waals surface area contributed by atoms with Gasteiger partial charge in [-0.05, 0) is 31.0 Å². The van der Waals surface area contributed by atoms with E-state index in [1.807, 2.05) is 31.2 Å². The zero-order valence-electron chi connectivity index (χ0n) is 12.2. The van der Waals surface area contributed by atoms with Crippen molar-refractivity contribution in [1.82, 2.24) is 9.97 Å². The molecule has 0 spiro atoms. The van der Waals surface area contributed by atoms with Crippen molar-refractivity contribution in [2.24, 2.45) is 0 Å². The summed E-state index contributed by atoms with van der Waals surface area (Å²) < 4.78 is 16.0. The van der Waals surface area contributed by atoms with Crippen LogP contribution in [-0.2, 0) is 11.2 Å². The van der Waals surface area contributed by atoms with Gasteiger partial charge in [0.1, 0.15) is 12.1 Å². The van der Waals surface area contributed by atoms with E-state index in [2.05, 4.69) is 9.97 Å². The van der Waals surface area contributed by atoms with Crippen LogP contribution in [0.15, 0.2) is 30.6 Å². The van der Waals surface area contributed by atoms with E-state index in [4.69, 9.17) is 19.9 Å². The van der Waals surface area contributed by atoms with Gasteiger partial charge >= 0.3 is 0 Å². The summed E-state index contributed by atoms with van der Waals surface area (Å²) >= 11 is 0. The Hall–Kier alpha value is -2.34. The van der Waals surface area contributed by atoms with Crippen LogP contribution >= 0.6 is 0 Å². The molecule has 2 aromatic rings. The van der Waals surface area contributed by atoms with E-state index >= 15 is 0 Å². The summed E-state index contributed by atoms with van der Waals surface area (Å²) in [5, 5.41) is 0. The number of rotatable bonds is 7. The first-order valence-corrected chi connectivity index (χ1v) is 6.73. The van der Waals surface area contributed by atoms with E-state index in [0.29, 0.717) is 30.5 Å². The van der Waals surface area contributed by atoms with Crippen molar-refractivity contribution in [1.29, 1.82) is 0 Å². The van der Waals surface area contributed by atoms with Crippen LogP contribution in [0.4, 0.5) is 5.69 Å². The number of nitrogens with zero attached hydrogens (tertiary/aromatic N) is 2. The highest BCUT2D eigenvalue weighted by Gasteiger charge is 2.11. The Morgan fingerprint density at radius 3 is 2.48 bits per heavy atom. The highest BCUT2D eigenvalue weighted by Crippen LogP contribution is 2.30. The molecule has 112 valence electrons. The van der Waals surface area contributed by atoms with Crippen molar-refractivity contribution in [2.45, 2.75) is 13.3 Å². The molecule has 2 N–H and O–H groups in total. The van der Waals surface area contributed by atoms with Crippen molar-refractivity contribution in [3.8, 4) is 17.5 Å². The number of nitrogen functional groups attached to an aromatic ring is 1. The van der Waals surface area contributed by atoms with Gasteiger partial charge < -0.3 is 19.9 Å². The molecule has 0 atom stereocenters. The molecule has 0 radical (unpaired) electrons. The zero-order valence-corrected chi connectivity index (χ0v) is 12.2. The molecule has 0 saturated heterocycles. The van der Waals surface area contributed by atoms with Gasteiger partial charge in [0, 0.05) is 7.11 Å². The molecule has 6 nitrogen and oxygen atoms in total. The Kier molecular flexibility index (Phi) is 5.34. The summed E-state index contributed by atoms with van der Waals surface area (Å²) in [4.78, 5) is 8.00. The largest absolute Gasteiger partial charge is 0.476 e. The molecular weight excluding hydrogens is 270 g/mol. The van der Waals surface area contributed by atoms with Crippen LogP contribution < -0.4 is 15.2 Å². The molecule has 0 amide bonds. The molecule has 0 saturated carbocycles. The molecule has 0 aliphatic heterocycles. The third kappa shape index (κ3) is 4.06. The quantitative estimate of drug-likeness (QED) is 0.843. The van der Waals surface area contributed by atoms with E-state index in [0.717, 1.165) is 6.42 Å². The number of hydrogen-bond acceptors (Lipinski definition) is 6. The van der Waals surface area contributed by atoms with Gasteiger partial charge in [-0.2, -0.15) is 9.97 Å². The van der Waals surface area contributed by atoms with Crippen LogP contribution in [0.5, 0.6) is 17.5 Å². The summed E-state index contributed by atoms with van der Waals surface area (Å²) in [7, 11) is 1.69. The Labute approximate surface area is 123 Å².